The average Bonchev–Trinajstić information content (AvgIpc) is 3.23. The van der Waals surface area contributed by atoms with E-state index in [4.69, 9.17) is 10.5 Å². The lowest BCUT2D eigenvalue weighted by Gasteiger charge is -2.25. The van der Waals surface area contributed by atoms with Crippen molar-refractivity contribution in [2.75, 3.05) is 36.5 Å². The highest BCUT2D eigenvalue weighted by atomic mass is 32.1. The van der Waals surface area contributed by atoms with Gasteiger partial charge in [0.25, 0.3) is 5.91 Å². The number of morpholine rings is 1. The highest BCUT2D eigenvalue weighted by Crippen LogP contribution is 2.26. The van der Waals surface area contributed by atoms with Crippen molar-refractivity contribution in [1.29, 1.82) is 0 Å². The monoisotopic (exact) mass is 409 g/mol. The summed E-state index contributed by atoms with van der Waals surface area (Å²) in [5.74, 6) is -0.733. The Bertz CT molecular complexity index is 1030. The van der Waals surface area contributed by atoms with Crippen molar-refractivity contribution in [3.05, 3.63) is 59.7 Å². The fraction of sp³-hybridized carbons (Fsp3) is 0.200. The van der Waals surface area contributed by atoms with Gasteiger partial charge in [-0.2, -0.15) is 0 Å². The van der Waals surface area contributed by atoms with Crippen molar-refractivity contribution in [3.63, 3.8) is 0 Å². The quantitative estimate of drug-likeness (QED) is 0.669. The summed E-state index contributed by atoms with van der Waals surface area (Å²) in [5, 5.41) is 12.3. The van der Waals surface area contributed by atoms with Crippen LogP contribution in [0.25, 0.3) is 11.1 Å². The third-order valence-corrected chi connectivity index (χ3v) is 5.44. The Kier molecular flexibility index (Phi) is 5.50. The number of nitrogens with one attached hydrogen (secondary N) is 1. The van der Waals surface area contributed by atoms with E-state index in [0.717, 1.165) is 29.3 Å². The van der Waals surface area contributed by atoms with E-state index in [9.17, 15) is 9.59 Å². The molecule has 4 rings (SSSR count). The van der Waals surface area contributed by atoms with Crippen molar-refractivity contribution in [2.45, 2.75) is 0 Å². The molecule has 0 spiro atoms. The van der Waals surface area contributed by atoms with E-state index < -0.39 is 5.91 Å². The van der Waals surface area contributed by atoms with E-state index >= 15 is 0 Å². The van der Waals surface area contributed by atoms with E-state index in [-0.39, 0.29) is 5.91 Å². The number of primary amides is 1. The normalized spacial score (nSPS) is 13.9. The second-order valence-corrected chi connectivity index (χ2v) is 7.42. The summed E-state index contributed by atoms with van der Waals surface area (Å²) >= 11 is 1.34. The molecule has 29 heavy (non-hydrogen) atoms. The number of benzene rings is 2. The fourth-order valence-electron chi connectivity index (χ4n) is 2.98. The van der Waals surface area contributed by atoms with Gasteiger partial charge in [-0.25, -0.2) is 0 Å². The Balaban J connectivity index is 1.47. The number of amides is 2. The number of nitrogens with zero attached hydrogens (tertiary/aromatic N) is 3. The van der Waals surface area contributed by atoms with Crippen LogP contribution in [0.15, 0.2) is 48.5 Å². The molecular formula is C20H19N5O3S. The van der Waals surface area contributed by atoms with Crippen LogP contribution in [0.3, 0.4) is 0 Å². The van der Waals surface area contributed by atoms with Crippen molar-refractivity contribution in [2.24, 2.45) is 5.73 Å². The van der Waals surface area contributed by atoms with Crippen LogP contribution >= 0.6 is 11.3 Å². The first-order valence-electron chi connectivity index (χ1n) is 9.08. The predicted molar refractivity (Wildman–Crippen MR) is 111 cm³/mol. The maximum atomic E-state index is 12.7. The van der Waals surface area contributed by atoms with Crippen molar-refractivity contribution in [1.82, 2.24) is 10.2 Å². The topological polar surface area (TPSA) is 110 Å². The SMILES string of the molecule is NC(=O)c1ccc(-c2cccc(C(=O)Nc3nnc(N4CCOCC4)s3)c2)cc1. The first-order chi connectivity index (χ1) is 14.1. The van der Waals surface area contributed by atoms with Crippen molar-refractivity contribution < 1.29 is 14.3 Å². The number of aromatic nitrogens is 2. The summed E-state index contributed by atoms with van der Waals surface area (Å²) < 4.78 is 5.34. The maximum Gasteiger partial charge on any atom is 0.257 e. The first-order valence-corrected chi connectivity index (χ1v) is 9.90. The molecule has 2 heterocycles. The second kappa shape index (κ2) is 8.38. The fourth-order valence-corrected chi connectivity index (χ4v) is 3.78. The summed E-state index contributed by atoms with van der Waals surface area (Å²) in [6.45, 7) is 2.85. The minimum atomic E-state index is -0.474. The zero-order valence-corrected chi connectivity index (χ0v) is 16.3. The molecule has 1 aliphatic heterocycles. The Morgan fingerprint density at radius 3 is 2.48 bits per heavy atom. The molecule has 0 atom stereocenters. The first kappa shape index (κ1) is 19.0. The van der Waals surface area contributed by atoms with Gasteiger partial charge >= 0.3 is 0 Å². The van der Waals surface area contributed by atoms with Gasteiger partial charge < -0.3 is 15.4 Å². The molecule has 9 heteroatoms. The molecule has 2 amide bonds. The molecule has 3 aromatic rings. The van der Waals surface area contributed by atoms with Crippen LogP contribution < -0.4 is 16.0 Å². The van der Waals surface area contributed by atoms with E-state index in [1.54, 1.807) is 36.4 Å². The zero-order valence-electron chi connectivity index (χ0n) is 15.5. The molecule has 1 fully saturated rings. The Morgan fingerprint density at radius 2 is 1.76 bits per heavy atom. The molecule has 148 valence electrons. The van der Waals surface area contributed by atoms with Gasteiger partial charge in [-0.3, -0.25) is 14.9 Å². The largest absolute Gasteiger partial charge is 0.378 e. The number of rotatable bonds is 5. The van der Waals surface area contributed by atoms with Crippen LogP contribution in [0.5, 0.6) is 0 Å². The Labute approximate surface area is 171 Å². The van der Waals surface area contributed by atoms with Gasteiger partial charge in [-0.15, -0.1) is 10.2 Å². The minimum Gasteiger partial charge on any atom is -0.378 e. The molecule has 0 unspecified atom stereocenters. The molecule has 8 nitrogen and oxygen atoms in total. The van der Waals surface area contributed by atoms with Gasteiger partial charge in [-0.05, 0) is 35.4 Å². The van der Waals surface area contributed by atoms with E-state index in [2.05, 4.69) is 20.4 Å². The number of carbonyl (C=O) groups is 2. The number of nitrogens with two attached hydrogens (primary N) is 1. The number of hydrogen-bond acceptors (Lipinski definition) is 7. The van der Waals surface area contributed by atoms with Crippen LogP contribution in [0.4, 0.5) is 10.3 Å². The van der Waals surface area contributed by atoms with Crippen molar-refractivity contribution >= 4 is 33.4 Å². The van der Waals surface area contributed by atoms with Crippen LogP contribution in [-0.4, -0.2) is 48.3 Å². The van der Waals surface area contributed by atoms with Crippen LogP contribution in [0, 0.1) is 0 Å². The summed E-state index contributed by atoms with van der Waals surface area (Å²) in [7, 11) is 0. The van der Waals surface area contributed by atoms with Gasteiger partial charge in [0.2, 0.25) is 16.2 Å². The lowest BCUT2D eigenvalue weighted by molar-refractivity contribution is 0.0997. The van der Waals surface area contributed by atoms with E-state index in [1.807, 2.05) is 12.1 Å². The molecule has 1 saturated heterocycles. The summed E-state index contributed by atoms with van der Waals surface area (Å²) in [6, 6.07) is 14.2. The molecule has 2 aromatic carbocycles. The van der Waals surface area contributed by atoms with Crippen molar-refractivity contribution in [3.8, 4) is 11.1 Å². The molecule has 1 aromatic heterocycles. The summed E-state index contributed by atoms with van der Waals surface area (Å²) in [5.41, 5.74) is 7.97. The zero-order chi connectivity index (χ0) is 20.2. The Morgan fingerprint density at radius 1 is 1.00 bits per heavy atom. The molecule has 0 saturated carbocycles. The van der Waals surface area contributed by atoms with Gasteiger partial charge in [0.1, 0.15) is 0 Å². The molecule has 0 radical (unpaired) electrons. The highest BCUT2D eigenvalue weighted by molar-refractivity contribution is 7.19. The summed E-state index contributed by atoms with van der Waals surface area (Å²) in [4.78, 5) is 26.0. The van der Waals surface area contributed by atoms with E-state index in [1.165, 1.54) is 11.3 Å². The third kappa shape index (κ3) is 4.41. The number of anilines is 2. The highest BCUT2D eigenvalue weighted by Gasteiger charge is 2.17. The van der Waals surface area contributed by atoms with Crippen LogP contribution in [0.1, 0.15) is 20.7 Å². The molecule has 0 aliphatic carbocycles. The Hall–Kier alpha value is -3.30. The smallest absolute Gasteiger partial charge is 0.257 e. The summed E-state index contributed by atoms with van der Waals surface area (Å²) in [6.07, 6.45) is 0. The predicted octanol–water partition coefficient (Wildman–Crippen LogP) is 2.39. The van der Waals surface area contributed by atoms with Gasteiger partial charge in [0.15, 0.2) is 0 Å². The lowest BCUT2D eigenvalue weighted by Crippen LogP contribution is -2.36. The second-order valence-electron chi connectivity index (χ2n) is 6.47. The number of ether oxygens (including phenoxy) is 1. The van der Waals surface area contributed by atoms with Gasteiger partial charge in [0, 0.05) is 24.2 Å². The number of carbonyl (C=O) groups excluding carboxylic acids is 2. The van der Waals surface area contributed by atoms with Gasteiger partial charge in [-0.1, -0.05) is 35.6 Å². The van der Waals surface area contributed by atoms with Crippen LogP contribution in [0.2, 0.25) is 0 Å². The van der Waals surface area contributed by atoms with E-state index in [0.29, 0.717) is 29.5 Å². The average molecular weight is 409 g/mol. The standard InChI is InChI=1S/C20H19N5O3S/c21-17(26)14-6-4-13(5-7-14)15-2-1-3-16(12-15)18(27)22-19-23-24-20(29-19)25-8-10-28-11-9-25/h1-7,12H,8-11H2,(H2,21,26)(H,22,23,27). The molecule has 0 bridgehead atoms. The maximum absolute atomic E-state index is 12.7. The molecule has 3 N–H and O–H groups in total. The van der Waals surface area contributed by atoms with Crippen LogP contribution in [-0.2, 0) is 4.74 Å². The molecule has 1 aliphatic rings. The lowest BCUT2D eigenvalue weighted by atomic mass is 10.0. The number of hydrogen-bond donors (Lipinski definition) is 2. The molecular weight excluding hydrogens is 390 g/mol. The minimum absolute atomic E-state index is 0.259. The van der Waals surface area contributed by atoms with Gasteiger partial charge in [0.05, 0.1) is 13.2 Å². The third-order valence-electron chi connectivity index (χ3n) is 4.54.